The summed E-state index contributed by atoms with van der Waals surface area (Å²) >= 11 is 0. The molecule has 1 heterocycles. The molecular weight excluding hydrogens is 230 g/mol. The molecule has 1 fully saturated rings. The molecular formula is C13H25N3O2. The molecule has 2 N–H and O–H groups in total. The van der Waals surface area contributed by atoms with Gasteiger partial charge in [-0.2, -0.15) is 0 Å². The number of unbranched alkanes of at least 4 members (excludes halogenated alkanes) is 1. The van der Waals surface area contributed by atoms with Gasteiger partial charge in [0.2, 0.25) is 11.8 Å². The predicted octanol–water partition coefficient (Wildman–Crippen LogP) is 0.442. The summed E-state index contributed by atoms with van der Waals surface area (Å²) in [5.74, 6) is -0.120. The van der Waals surface area contributed by atoms with Gasteiger partial charge in [0, 0.05) is 19.0 Å². The Morgan fingerprint density at radius 1 is 1.33 bits per heavy atom. The summed E-state index contributed by atoms with van der Waals surface area (Å²) < 4.78 is 0. The van der Waals surface area contributed by atoms with Gasteiger partial charge in [0.25, 0.3) is 0 Å². The van der Waals surface area contributed by atoms with E-state index < -0.39 is 0 Å². The van der Waals surface area contributed by atoms with E-state index in [1.165, 1.54) is 0 Å². The summed E-state index contributed by atoms with van der Waals surface area (Å²) in [5.41, 5.74) is 5.27. The largest absolute Gasteiger partial charge is 0.369 e. The van der Waals surface area contributed by atoms with Gasteiger partial charge >= 0.3 is 0 Å². The van der Waals surface area contributed by atoms with Crippen molar-refractivity contribution in [1.82, 2.24) is 9.80 Å². The Kier molecular flexibility index (Phi) is 6.12. The van der Waals surface area contributed by atoms with Crippen LogP contribution in [0.4, 0.5) is 0 Å². The lowest BCUT2D eigenvalue weighted by Gasteiger charge is -2.31. The van der Waals surface area contributed by atoms with E-state index in [1.54, 1.807) is 0 Å². The third-order valence-corrected chi connectivity index (χ3v) is 3.55. The highest BCUT2D eigenvalue weighted by Gasteiger charge is 2.25. The molecule has 0 saturated carbocycles. The molecule has 0 aromatic carbocycles. The SMILES string of the molecule is CCCCN(C)CC(=O)N1CCC(C(N)=O)CC1. The van der Waals surface area contributed by atoms with E-state index in [1.807, 2.05) is 11.9 Å². The second-order valence-corrected chi connectivity index (χ2v) is 5.15. The van der Waals surface area contributed by atoms with Crippen LogP contribution in [0.5, 0.6) is 0 Å². The average Bonchev–Trinajstić information content (AvgIpc) is 2.36. The van der Waals surface area contributed by atoms with Gasteiger partial charge in [0.05, 0.1) is 6.54 Å². The smallest absolute Gasteiger partial charge is 0.236 e. The van der Waals surface area contributed by atoms with E-state index in [9.17, 15) is 9.59 Å². The highest BCUT2D eigenvalue weighted by Crippen LogP contribution is 2.16. The van der Waals surface area contributed by atoms with Gasteiger partial charge in [-0.25, -0.2) is 0 Å². The lowest BCUT2D eigenvalue weighted by molar-refractivity contribution is -0.135. The zero-order chi connectivity index (χ0) is 13.5. The van der Waals surface area contributed by atoms with Gasteiger partial charge in [0.15, 0.2) is 0 Å². The van der Waals surface area contributed by atoms with Gasteiger partial charge < -0.3 is 10.6 Å². The van der Waals surface area contributed by atoms with Crippen molar-refractivity contribution in [3.8, 4) is 0 Å². The molecule has 0 aromatic heterocycles. The number of likely N-dealkylation sites (tertiary alicyclic amines) is 1. The van der Waals surface area contributed by atoms with Crippen molar-refractivity contribution in [3.63, 3.8) is 0 Å². The number of hydrogen-bond donors (Lipinski definition) is 1. The van der Waals surface area contributed by atoms with E-state index in [0.717, 1.165) is 19.4 Å². The van der Waals surface area contributed by atoms with Crippen LogP contribution in [0.25, 0.3) is 0 Å². The average molecular weight is 255 g/mol. The molecule has 0 bridgehead atoms. The molecule has 2 amide bonds. The van der Waals surface area contributed by atoms with Gasteiger partial charge in [-0.3, -0.25) is 14.5 Å². The molecule has 0 aromatic rings. The summed E-state index contributed by atoms with van der Waals surface area (Å²) in [6, 6.07) is 0. The summed E-state index contributed by atoms with van der Waals surface area (Å²) in [6.45, 7) is 4.90. The zero-order valence-corrected chi connectivity index (χ0v) is 11.5. The second-order valence-electron chi connectivity index (χ2n) is 5.15. The van der Waals surface area contributed by atoms with Gasteiger partial charge in [-0.15, -0.1) is 0 Å². The van der Waals surface area contributed by atoms with Crippen LogP contribution < -0.4 is 5.73 Å². The second kappa shape index (κ2) is 7.36. The number of carbonyl (C=O) groups is 2. The van der Waals surface area contributed by atoms with E-state index in [-0.39, 0.29) is 17.7 Å². The summed E-state index contributed by atoms with van der Waals surface area (Å²) in [5, 5.41) is 0. The highest BCUT2D eigenvalue weighted by molar-refractivity contribution is 5.80. The number of nitrogens with two attached hydrogens (primary N) is 1. The van der Waals surface area contributed by atoms with Gasteiger partial charge in [0.1, 0.15) is 0 Å². The molecule has 0 unspecified atom stereocenters. The molecule has 1 saturated heterocycles. The van der Waals surface area contributed by atoms with Gasteiger partial charge in [-0.05, 0) is 32.9 Å². The van der Waals surface area contributed by atoms with E-state index in [2.05, 4.69) is 11.8 Å². The van der Waals surface area contributed by atoms with Crippen molar-refractivity contribution in [2.75, 3.05) is 33.2 Å². The number of amides is 2. The van der Waals surface area contributed by atoms with Crippen LogP contribution in [-0.4, -0.2) is 54.8 Å². The van der Waals surface area contributed by atoms with Crippen LogP contribution in [0.15, 0.2) is 0 Å². The molecule has 5 heteroatoms. The molecule has 5 nitrogen and oxygen atoms in total. The molecule has 1 aliphatic heterocycles. The molecule has 1 rings (SSSR count). The molecule has 0 atom stereocenters. The molecule has 0 spiro atoms. The van der Waals surface area contributed by atoms with Crippen LogP contribution in [0, 0.1) is 5.92 Å². The van der Waals surface area contributed by atoms with Crippen molar-refractivity contribution >= 4 is 11.8 Å². The van der Waals surface area contributed by atoms with Crippen LogP contribution in [0.1, 0.15) is 32.6 Å². The topological polar surface area (TPSA) is 66.6 Å². The molecule has 104 valence electrons. The van der Waals surface area contributed by atoms with Crippen molar-refractivity contribution in [2.24, 2.45) is 11.7 Å². The number of primary amides is 1. The zero-order valence-electron chi connectivity index (χ0n) is 11.5. The summed E-state index contributed by atoms with van der Waals surface area (Å²) in [6.07, 6.45) is 3.68. The maximum absolute atomic E-state index is 12.0. The maximum Gasteiger partial charge on any atom is 0.236 e. The quantitative estimate of drug-likeness (QED) is 0.749. The fourth-order valence-corrected chi connectivity index (χ4v) is 2.25. The molecule has 1 aliphatic rings. The van der Waals surface area contributed by atoms with Crippen molar-refractivity contribution in [3.05, 3.63) is 0 Å². The summed E-state index contributed by atoms with van der Waals surface area (Å²) in [4.78, 5) is 27.0. The number of hydrogen-bond acceptors (Lipinski definition) is 3. The minimum atomic E-state index is -0.234. The van der Waals surface area contributed by atoms with Crippen molar-refractivity contribution in [2.45, 2.75) is 32.6 Å². The Labute approximate surface area is 109 Å². The maximum atomic E-state index is 12.0. The van der Waals surface area contributed by atoms with E-state index in [4.69, 9.17) is 5.73 Å². The Morgan fingerprint density at radius 2 is 1.94 bits per heavy atom. The van der Waals surface area contributed by atoms with Crippen LogP contribution in [0.2, 0.25) is 0 Å². The molecule has 18 heavy (non-hydrogen) atoms. The first-order chi connectivity index (χ1) is 8.54. The normalized spacial score (nSPS) is 17.2. The lowest BCUT2D eigenvalue weighted by atomic mass is 9.96. The lowest BCUT2D eigenvalue weighted by Crippen LogP contribution is -2.45. The standard InChI is InChI=1S/C13H25N3O2/c1-3-4-7-15(2)10-12(17)16-8-5-11(6-9-16)13(14)18/h11H,3-10H2,1-2H3,(H2,14,18). The number of nitrogens with zero attached hydrogens (tertiary/aromatic N) is 2. The fourth-order valence-electron chi connectivity index (χ4n) is 2.25. The third-order valence-electron chi connectivity index (χ3n) is 3.55. The number of rotatable bonds is 6. The minimum Gasteiger partial charge on any atom is -0.369 e. The number of piperidine rings is 1. The Morgan fingerprint density at radius 3 is 2.44 bits per heavy atom. The van der Waals surface area contributed by atoms with Crippen molar-refractivity contribution < 1.29 is 9.59 Å². The summed E-state index contributed by atoms with van der Waals surface area (Å²) in [7, 11) is 1.98. The minimum absolute atomic E-state index is 0.0492. The third kappa shape index (κ3) is 4.64. The predicted molar refractivity (Wildman–Crippen MR) is 70.9 cm³/mol. The van der Waals surface area contributed by atoms with Crippen molar-refractivity contribution in [1.29, 1.82) is 0 Å². The van der Waals surface area contributed by atoms with Crippen LogP contribution in [0.3, 0.4) is 0 Å². The Balaban J connectivity index is 2.29. The molecule has 0 aliphatic carbocycles. The Bertz CT molecular complexity index is 286. The first-order valence-corrected chi connectivity index (χ1v) is 6.80. The Hall–Kier alpha value is -1.10. The highest BCUT2D eigenvalue weighted by atomic mass is 16.2. The monoisotopic (exact) mass is 255 g/mol. The van der Waals surface area contributed by atoms with E-state index in [0.29, 0.717) is 32.5 Å². The first kappa shape index (κ1) is 15.0. The number of likely N-dealkylation sites (N-methyl/N-ethyl adjacent to an activating group) is 1. The first-order valence-electron chi connectivity index (χ1n) is 6.80. The fraction of sp³-hybridized carbons (Fsp3) is 0.846. The number of carbonyl (C=O) groups excluding carboxylic acids is 2. The van der Waals surface area contributed by atoms with Crippen LogP contribution >= 0.6 is 0 Å². The molecule has 0 radical (unpaired) electrons. The van der Waals surface area contributed by atoms with E-state index >= 15 is 0 Å². The van der Waals surface area contributed by atoms with Crippen LogP contribution in [-0.2, 0) is 9.59 Å². The van der Waals surface area contributed by atoms with Gasteiger partial charge in [-0.1, -0.05) is 13.3 Å².